The van der Waals surface area contributed by atoms with Gasteiger partial charge in [0.25, 0.3) is 0 Å². The lowest BCUT2D eigenvalue weighted by Crippen LogP contribution is -2.47. The standard InChI is InChI=1S/C23H28F3N2O6PS/c1-22(27,15-34-35(29,30)31)21-28-14-20(36-21)17-7-8-19(18(13-17)23(24,25)26)33-12-11-32-10-9-16-5-3-2-4-6-16/h2-8,13,20H,9-12,14-15,27H2,1H3,(H2,29,30,31)/t20?,22-/m0/s1. The first-order valence-electron chi connectivity index (χ1n) is 11.0. The number of benzene rings is 2. The summed E-state index contributed by atoms with van der Waals surface area (Å²) in [5.41, 5.74) is 5.36. The number of thioether (sulfide) groups is 1. The van der Waals surface area contributed by atoms with Crippen LogP contribution in [0.4, 0.5) is 13.2 Å². The van der Waals surface area contributed by atoms with Crippen molar-refractivity contribution in [2.45, 2.75) is 30.3 Å². The van der Waals surface area contributed by atoms with Crippen molar-refractivity contribution in [2.24, 2.45) is 10.7 Å². The molecule has 1 aliphatic rings. The van der Waals surface area contributed by atoms with Crippen molar-refractivity contribution in [2.75, 3.05) is 33.0 Å². The van der Waals surface area contributed by atoms with Crippen molar-refractivity contribution < 1.29 is 41.5 Å². The molecule has 0 spiro atoms. The Hall–Kier alpha value is -1.92. The van der Waals surface area contributed by atoms with Gasteiger partial charge in [-0.25, -0.2) is 4.57 Å². The van der Waals surface area contributed by atoms with E-state index in [4.69, 9.17) is 25.0 Å². The minimum atomic E-state index is -4.73. The molecule has 198 valence electrons. The molecule has 0 radical (unpaired) electrons. The second-order valence-electron chi connectivity index (χ2n) is 8.38. The van der Waals surface area contributed by atoms with Gasteiger partial charge in [0, 0.05) is 0 Å². The number of hydrogen-bond donors (Lipinski definition) is 3. The smallest absolute Gasteiger partial charge is 0.469 e. The molecular weight excluding hydrogens is 520 g/mol. The molecule has 2 aromatic carbocycles. The van der Waals surface area contributed by atoms with Gasteiger partial charge in [-0.05, 0) is 36.6 Å². The predicted molar refractivity (Wildman–Crippen MR) is 131 cm³/mol. The van der Waals surface area contributed by atoms with Crippen LogP contribution >= 0.6 is 19.6 Å². The fourth-order valence-corrected chi connectivity index (χ4v) is 5.00. The van der Waals surface area contributed by atoms with Crippen molar-refractivity contribution in [1.29, 1.82) is 0 Å². The number of nitrogens with two attached hydrogens (primary N) is 1. The first-order chi connectivity index (χ1) is 16.9. The highest BCUT2D eigenvalue weighted by Gasteiger charge is 2.38. The van der Waals surface area contributed by atoms with Crippen LogP contribution in [0.3, 0.4) is 0 Å². The van der Waals surface area contributed by atoms with E-state index in [2.05, 4.69) is 9.52 Å². The quantitative estimate of drug-likeness (QED) is 0.264. The Morgan fingerprint density at radius 3 is 2.53 bits per heavy atom. The number of aliphatic imine (C=N–C) groups is 1. The summed E-state index contributed by atoms with van der Waals surface area (Å²) in [6.45, 7) is 1.69. The number of rotatable bonds is 12. The minimum Gasteiger partial charge on any atom is -0.491 e. The number of alkyl halides is 3. The van der Waals surface area contributed by atoms with E-state index in [1.165, 1.54) is 19.1 Å². The highest BCUT2D eigenvalue weighted by molar-refractivity contribution is 8.14. The van der Waals surface area contributed by atoms with Crippen LogP contribution in [-0.4, -0.2) is 53.3 Å². The third-order valence-corrected chi connectivity index (χ3v) is 7.21. The largest absolute Gasteiger partial charge is 0.491 e. The van der Waals surface area contributed by atoms with E-state index in [1.54, 1.807) is 0 Å². The van der Waals surface area contributed by atoms with E-state index in [0.29, 0.717) is 23.6 Å². The molecule has 0 saturated carbocycles. The van der Waals surface area contributed by atoms with Crippen molar-refractivity contribution in [3.8, 4) is 5.75 Å². The summed E-state index contributed by atoms with van der Waals surface area (Å²) in [7, 11) is -4.73. The summed E-state index contributed by atoms with van der Waals surface area (Å²) in [6, 6.07) is 13.5. The Labute approximate surface area is 211 Å². The van der Waals surface area contributed by atoms with Gasteiger partial charge in [0.15, 0.2) is 0 Å². The van der Waals surface area contributed by atoms with Crippen LogP contribution < -0.4 is 10.5 Å². The summed E-state index contributed by atoms with van der Waals surface area (Å²) in [5.74, 6) is -0.291. The molecule has 0 aromatic heterocycles. The van der Waals surface area contributed by atoms with Crippen LogP contribution in [0.2, 0.25) is 0 Å². The molecule has 1 heterocycles. The molecule has 13 heteroatoms. The molecule has 36 heavy (non-hydrogen) atoms. The van der Waals surface area contributed by atoms with E-state index < -0.39 is 37.0 Å². The SMILES string of the molecule is C[C@](N)(COP(=O)(O)O)C1=NCC(c2ccc(OCCOCCc3ccccc3)c(C(F)(F)F)c2)S1. The summed E-state index contributed by atoms with van der Waals surface area (Å²) < 4.78 is 67.6. The molecule has 0 bridgehead atoms. The van der Waals surface area contributed by atoms with Crippen LogP contribution in [0.15, 0.2) is 53.5 Å². The van der Waals surface area contributed by atoms with E-state index in [0.717, 1.165) is 23.4 Å². The average molecular weight is 549 g/mol. The van der Waals surface area contributed by atoms with E-state index in [-0.39, 0.29) is 25.5 Å². The zero-order valence-electron chi connectivity index (χ0n) is 19.5. The Morgan fingerprint density at radius 1 is 1.14 bits per heavy atom. The maximum atomic E-state index is 13.8. The van der Waals surface area contributed by atoms with E-state index in [9.17, 15) is 17.7 Å². The first kappa shape index (κ1) is 28.6. The Morgan fingerprint density at radius 2 is 1.86 bits per heavy atom. The first-order valence-corrected chi connectivity index (χ1v) is 13.4. The molecule has 0 saturated heterocycles. The molecule has 3 rings (SSSR count). The molecule has 1 unspecified atom stereocenters. The lowest BCUT2D eigenvalue weighted by Gasteiger charge is -2.24. The maximum Gasteiger partial charge on any atom is 0.469 e. The summed E-state index contributed by atoms with van der Waals surface area (Å²) in [6.07, 6.45) is -3.94. The van der Waals surface area contributed by atoms with Crippen molar-refractivity contribution >= 4 is 24.6 Å². The Bertz CT molecular complexity index is 1100. The highest BCUT2D eigenvalue weighted by Crippen LogP contribution is 2.44. The Kier molecular flexibility index (Phi) is 9.62. The van der Waals surface area contributed by atoms with Gasteiger partial charge in [-0.3, -0.25) is 9.52 Å². The number of phosphoric ester groups is 1. The molecule has 2 atom stereocenters. The van der Waals surface area contributed by atoms with Gasteiger partial charge in [0.2, 0.25) is 0 Å². The maximum absolute atomic E-state index is 13.8. The lowest BCUT2D eigenvalue weighted by atomic mass is 10.1. The second kappa shape index (κ2) is 12.1. The fourth-order valence-electron chi connectivity index (χ4n) is 3.39. The van der Waals surface area contributed by atoms with Gasteiger partial charge in [-0.15, -0.1) is 0 Å². The van der Waals surface area contributed by atoms with Crippen LogP contribution in [0, 0.1) is 0 Å². The monoisotopic (exact) mass is 548 g/mol. The molecule has 0 aliphatic carbocycles. The van der Waals surface area contributed by atoms with Crippen molar-refractivity contribution in [3.63, 3.8) is 0 Å². The van der Waals surface area contributed by atoms with Crippen LogP contribution in [0.5, 0.6) is 5.75 Å². The molecule has 2 aromatic rings. The molecule has 0 amide bonds. The summed E-state index contributed by atoms with van der Waals surface area (Å²) in [5, 5.41) is -0.114. The average Bonchev–Trinajstić information content (AvgIpc) is 3.31. The summed E-state index contributed by atoms with van der Waals surface area (Å²) in [4.78, 5) is 22.1. The molecular formula is C23H28F3N2O6PS. The van der Waals surface area contributed by atoms with E-state index in [1.807, 2.05) is 30.3 Å². The van der Waals surface area contributed by atoms with Crippen molar-refractivity contribution in [1.82, 2.24) is 0 Å². The van der Waals surface area contributed by atoms with Gasteiger partial charge >= 0.3 is 14.0 Å². The Balaban J connectivity index is 1.57. The molecule has 8 nitrogen and oxygen atoms in total. The number of nitrogens with zero attached hydrogens (tertiary/aromatic N) is 1. The molecule has 4 N–H and O–H groups in total. The normalized spacial score (nSPS) is 18.1. The fraction of sp³-hybridized carbons (Fsp3) is 0.435. The topological polar surface area (TPSA) is 124 Å². The van der Waals surface area contributed by atoms with Gasteiger partial charge in [0.1, 0.15) is 12.4 Å². The zero-order valence-corrected chi connectivity index (χ0v) is 21.2. The van der Waals surface area contributed by atoms with Gasteiger partial charge < -0.3 is 25.0 Å². The number of halogens is 3. The summed E-state index contributed by atoms with van der Waals surface area (Å²) >= 11 is 1.14. The predicted octanol–water partition coefficient (Wildman–Crippen LogP) is 4.36. The number of phosphoric acid groups is 1. The molecule has 0 fully saturated rings. The van der Waals surface area contributed by atoms with Crippen LogP contribution in [0.25, 0.3) is 0 Å². The minimum absolute atomic E-state index is 0.0340. The highest BCUT2D eigenvalue weighted by atomic mass is 32.2. The zero-order chi connectivity index (χ0) is 26.4. The third-order valence-electron chi connectivity index (χ3n) is 5.22. The number of hydrogen-bond acceptors (Lipinski definition) is 7. The van der Waals surface area contributed by atoms with Gasteiger partial charge in [-0.2, -0.15) is 13.2 Å². The van der Waals surface area contributed by atoms with Crippen LogP contribution in [0.1, 0.15) is 28.9 Å². The lowest BCUT2D eigenvalue weighted by molar-refractivity contribution is -0.139. The van der Waals surface area contributed by atoms with Crippen LogP contribution in [-0.2, 0) is 26.4 Å². The van der Waals surface area contributed by atoms with Gasteiger partial charge in [-0.1, -0.05) is 48.2 Å². The number of ether oxygens (including phenoxy) is 2. The van der Waals surface area contributed by atoms with E-state index >= 15 is 0 Å². The van der Waals surface area contributed by atoms with Gasteiger partial charge in [0.05, 0.1) is 47.8 Å². The molecule has 1 aliphatic heterocycles. The van der Waals surface area contributed by atoms with Crippen molar-refractivity contribution in [3.05, 3.63) is 65.2 Å². The third kappa shape index (κ3) is 8.58. The second-order valence-corrected chi connectivity index (χ2v) is 10.8.